The largest absolute Gasteiger partial charge is 0.479 e. The molecule has 0 radical (unpaired) electrons. The minimum absolute atomic E-state index is 0.235. The predicted molar refractivity (Wildman–Crippen MR) is 80.8 cm³/mol. The van der Waals surface area contributed by atoms with Crippen LogP contribution in [-0.4, -0.2) is 34.0 Å². The number of carboxylic acids is 1. The van der Waals surface area contributed by atoms with Gasteiger partial charge in [0.05, 0.1) is 0 Å². The van der Waals surface area contributed by atoms with E-state index in [-0.39, 0.29) is 11.3 Å². The summed E-state index contributed by atoms with van der Waals surface area (Å²) in [5.74, 6) is -1.95. The van der Waals surface area contributed by atoms with Crippen LogP contribution in [0.1, 0.15) is 39.2 Å². The third-order valence-electron chi connectivity index (χ3n) is 3.70. The molecule has 1 atom stereocenters. The fraction of sp³-hybridized carbons (Fsp3) is 0.500. The molecular formula is C16H20FNO5. The summed E-state index contributed by atoms with van der Waals surface area (Å²) in [5.41, 5.74) is -1.29. The second kappa shape index (κ2) is 5.81. The van der Waals surface area contributed by atoms with Gasteiger partial charge in [0.15, 0.2) is 6.10 Å². The summed E-state index contributed by atoms with van der Waals surface area (Å²) in [7, 11) is 0. The van der Waals surface area contributed by atoms with E-state index in [0.29, 0.717) is 12.8 Å². The zero-order chi connectivity index (χ0) is 17.4. The van der Waals surface area contributed by atoms with Crippen LogP contribution in [-0.2, 0) is 14.9 Å². The van der Waals surface area contributed by atoms with Crippen LogP contribution in [0.25, 0.3) is 0 Å². The summed E-state index contributed by atoms with van der Waals surface area (Å²) in [5, 5.41) is 21.5. The van der Waals surface area contributed by atoms with Crippen molar-refractivity contribution < 1.29 is 28.9 Å². The highest BCUT2D eigenvalue weighted by Gasteiger charge is 2.54. The van der Waals surface area contributed by atoms with E-state index in [4.69, 9.17) is 9.84 Å². The smallest absolute Gasteiger partial charge is 0.412 e. The van der Waals surface area contributed by atoms with Crippen LogP contribution in [0.5, 0.6) is 0 Å². The molecule has 1 saturated carbocycles. The van der Waals surface area contributed by atoms with Crippen molar-refractivity contribution in [3.05, 3.63) is 29.6 Å². The van der Waals surface area contributed by atoms with Gasteiger partial charge in [0.25, 0.3) is 0 Å². The molecule has 0 spiro atoms. The first-order chi connectivity index (χ1) is 10.5. The normalized spacial score (nSPS) is 17.3. The summed E-state index contributed by atoms with van der Waals surface area (Å²) in [6, 6.07) is 3.63. The second-order valence-electron chi connectivity index (χ2n) is 6.71. The van der Waals surface area contributed by atoms with Crippen molar-refractivity contribution >= 4 is 17.7 Å². The molecule has 1 aromatic rings. The molecule has 1 aliphatic carbocycles. The number of aliphatic hydroxyl groups is 1. The number of ether oxygens (including phenoxy) is 1. The number of carbonyl (C=O) groups excluding carboxylic acids is 1. The average Bonchev–Trinajstić information content (AvgIpc) is 3.19. The molecule has 0 saturated heterocycles. The quantitative estimate of drug-likeness (QED) is 0.791. The van der Waals surface area contributed by atoms with E-state index in [0.717, 1.165) is 12.1 Å². The van der Waals surface area contributed by atoms with Gasteiger partial charge in [0.1, 0.15) is 11.4 Å². The number of benzene rings is 1. The average molecular weight is 325 g/mol. The highest BCUT2D eigenvalue weighted by molar-refractivity contribution is 5.87. The van der Waals surface area contributed by atoms with E-state index in [9.17, 15) is 19.1 Å². The van der Waals surface area contributed by atoms with E-state index in [1.807, 2.05) is 0 Å². The SMILES string of the molecule is CC(C)(C)OC(=O)Nc1ccc(F)cc1C1(C(O)C(=O)O)CC1. The van der Waals surface area contributed by atoms with Gasteiger partial charge in [-0.2, -0.15) is 0 Å². The first kappa shape index (κ1) is 17.2. The Morgan fingerprint density at radius 1 is 1.35 bits per heavy atom. The Balaban J connectivity index is 2.32. The molecule has 0 aromatic heterocycles. The molecule has 1 amide bonds. The lowest BCUT2D eigenvalue weighted by molar-refractivity contribution is -0.148. The van der Waals surface area contributed by atoms with E-state index in [1.54, 1.807) is 20.8 Å². The minimum Gasteiger partial charge on any atom is -0.479 e. The number of amides is 1. The predicted octanol–water partition coefficient (Wildman–Crippen LogP) is 2.65. The molecule has 0 bridgehead atoms. The van der Waals surface area contributed by atoms with Gasteiger partial charge in [-0.05, 0) is 57.4 Å². The van der Waals surface area contributed by atoms with Crippen LogP contribution in [0.4, 0.5) is 14.9 Å². The van der Waals surface area contributed by atoms with Crippen LogP contribution >= 0.6 is 0 Å². The monoisotopic (exact) mass is 325 g/mol. The highest BCUT2D eigenvalue weighted by atomic mass is 19.1. The van der Waals surface area contributed by atoms with Crippen LogP contribution < -0.4 is 5.32 Å². The Bertz CT molecular complexity index is 634. The van der Waals surface area contributed by atoms with E-state index in [1.165, 1.54) is 6.07 Å². The van der Waals surface area contributed by atoms with Crippen LogP contribution in [0.15, 0.2) is 18.2 Å². The molecule has 2 rings (SSSR count). The van der Waals surface area contributed by atoms with Crippen molar-refractivity contribution in [3.63, 3.8) is 0 Å². The van der Waals surface area contributed by atoms with Crippen molar-refractivity contribution in [1.29, 1.82) is 0 Å². The third kappa shape index (κ3) is 3.79. The molecule has 7 heteroatoms. The van der Waals surface area contributed by atoms with Gasteiger partial charge in [-0.25, -0.2) is 14.0 Å². The summed E-state index contributed by atoms with van der Waals surface area (Å²) in [6.07, 6.45) is -1.60. The zero-order valence-electron chi connectivity index (χ0n) is 13.2. The number of hydrogen-bond acceptors (Lipinski definition) is 4. The molecule has 1 unspecified atom stereocenters. The van der Waals surface area contributed by atoms with Crippen LogP contribution in [0.3, 0.4) is 0 Å². The lowest BCUT2D eigenvalue weighted by Crippen LogP contribution is -2.35. The lowest BCUT2D eigenvalue weighted by Gasteiger charge is -2.24. The van der Waals surface area contributed by atoms with Gasteiger partial charge >= 0.3 is 12.1 Å². The second-order valence-corrected chi connectivity index (χ2v) is 6.71. The number of nitrogens with one attached hydrogen (secondary N) is 1. The number of carboxylic acid groups (broad SMARTS) is 1. The van der Waals surface area contributed by atoms with Crippen molar-refractivity contribution in [1.82, 2.24) is 0 Å². The van der Waals surface area contributed by atoms with Crippen molar-refractivity contribution in [2.75, 3.05) is 5.32 Å². The van der Waals surface area contributed by atoms with Gasteiger partial charge < -0.3 is 14.9 Å². The number of hydrogen-bond donors (Lipinski definition) is 3. The van der Waals surface area contributed by atoms with Crippen molar-refractivity contribution in [3.8, 4) is 0 Å². The van der Waals surface area contributed by atoms with Gasteiger partial charge in [0, 0.05) is 11.1 Å². The Morgan fingerprint density at radius 3 is 2.43 bits per heavy atom. The molecule has 6 nitrogen and oxygen atoms in total. The molecule has 1 aromatic carbocycles. The van der Waals surface area contributed by atoms with Crippen LogP contribution in [0, 0.1) is 5.82 Å². The Kier molecular flexibility index (Phi) is 4.34. The van der Waals surface area contributed by atoms with E-state index >= 15 is 0 Å². The first-order valence-corrected chi connectivity index (χ1v) is 7.26. The number of aliphatic carboxylic acids is 1. The summed E-state index contributed by atoms with van der Waals surface area (Å²) in [4.78, 5) is 23.0. The molecule has 23 heavy (non-hydrogen) atoms. The number of carbonyl (C=O) groups is 2. The Morgan fingerprint density at radius 2 is 1.96 bits per heavy atom. The van der Waals surface area contributed by atoms with E-state index in [2.05, 4.69) is 5.32 Å². The number of rotatable bonds is 4. The summed E-state index contributed by atoms with van der Waals surface area (Å²) in [6.45, 7) is 5.11. The number of aliphatic hydroxyl groups excluding tert-OH is 1. The van der Waals surface area contributed by atoms with Crippen molar-refractivity contribution in [2.45, 2.75) is 50.7 Å². The van der Waals surface area contributed by atoms with Crippen molar-refractivity contribution in [2.24, 2.45) is 0 Å². The van der Waals surface area contributed by atoms with Gasteiger partial charge in [-0.1, -0.05) is 0 Å². The number of halogens is 1. The summed E-state index contributed by atoms with van der Waals surface area (Å²) >= 11 is 0. The fourth-order valence-electron chi connectivity index (χ4n) is 2.51. The summed E-state index contributed by atoms with van der Waals surface area (Å²) < 4.78 is 18.8. The molecule has 1 fully saturated rings. The molecule has 3 N–H and O–H groups in total. The van der Waals surface area contributed by atoms with E-state index < -0.39 is 35.0 Å². The topological polar surface area (TPSA) is 95.9 Å². The van der Waals surface area contributed by atoms with Gasteiger partial charge in [0.2, 0.25) is 0 Å². The first-order valence-electron chi connectivity index (χ1n) is 7.26. The van der Waals surface area contributed by atoms with Gasteiger partial charge in [-0.15, -0.1) is 0 Å². The molecule has 0 heterocycles. The minimum atomic E-state index is -1.66. The maximum Gasteiger partial charge on any atom is 0.412 e. The van der Waals surface area contributed by atoms with Gasteiger partial charge in [-0.3, -0.25) is 5.32 Å². The standard InChI is InChI=1S/C16H20FNO5/c1-15(2,3)23-14(22)18-11-5-4-9(17)8-10(11)16(6-7-16)12(19)13(20)21/h4-5,8,12,19H,6-7H2,1-3H3,(H,18,22)(H,20,21). The zero-order valence-corrected chi connectivity index (χ0v) is 13.2. The molecule has 1 aliphatic rings. The fourth-order valence-corrected chi connectivity index (χ4v) is 2.51. The maximum atomic E-state index is 13.6. The van der Waals surface area contributed by atoms with Crippen LogP contribution in [0.2, 0.25) is 0 Å². The molecule has 126 valence electrons. The number of anilines is 1. The molecule has 0 aliphatic heterocycles. The molecular weight excluding hydrogens is 305 g/mol. The highest BCUT2D eigenvalue weighted by Crippen LogP contribution is 2.53. The lowest BCUT2D eigenvalue weighted by atomic mass is 9.88. The Labute approximate surface area is 133 Å². The maximum absolute atomic E-state index is 13.6. The Hall–Kier alpha value is -2.15. The third-order valence-corrected chi connectivity index (χ3v) is 3.70.